The van der Waals surface area contributed by atoms with Crippen LogP contribution in [0, 0.1) is 11.8 Å². The smallest absolute Gasteiger partial charge is 0.263 e. The monoisotopic (exact) mass is 396 g/mol. The third-order valence-electron chi connectivity index (χ3n) is 6.08. The van der Waals surface area contributed by atoms with E-state index >= 15 is 0 Å². The molecule has 2 aliphatic heterocycles. The van der Waals surface area contributed by atoms with Crippen molar-refractivity contribution in [2.75, 3.05) is 26.2 Å². The zero-order chi connectivity index (χ0) is 19.3. The molecule has 4 nitrogen and oxygen atoms in total. The van der Waals surface area contributed by atoms with Crippen LogP contribution < -0.4 is 0 Å². The second kappa shape index (κ2) is 8.91. The van der Waals surface area contributed by atoms with Gasteiger partial charge in [0.05, 0.1) is 10.8 Å². The lowest BCUT2D eigenvalue weighted by Gasteiger charge is -2.37. The van der Waals surface area contributed by atoms with Crippen molar-refractivity contribution in [3.63, 3.8) is 0 Å². The zero-order valence-corrected chi connectivity index (χ0v) is 17.1. The molecule has 28 heavy (non-hydrogen) atoms. The van der Waals surface area contributed by atoms with E-state index in [0.717, 1.165) is 56.6 Å². The van der Waals surface area contributed by atoms with Crippen molar-refractivity contribution in [2.24, 2.45) is 11.8 Å². The Morgan fingerprint density at radius 3 is 2.43 bits per heavy atom. The average Bonchev–Trinajstić information content (AvgIpc) is 3.29. The highest BCUT2D eigenvalue weighted by Gasteiger charge is 2.33. The van der Waals surface area contributed by atoms with E-state index in [4.69, 9.17) is 0 Å². The number of nitrogens with zero attached hydrogens (tertiary/aromatic N) is 2. The fraction of sp³-hybridized carbons (Fsp3) is 0.478. The highest BCUT2D eigenvalue weighted by molar-refractivity contribution is 7.12. The van der Waals surface area contributed by atoms with Crippen molar-refractivity contribution >= 4 is 23.2 Å². The van der Waals surface area contributed by atoms with E-state index in [1.807, 2.05) is 27.3 Å². The molecule has 4 rings (SSSR count). The average molecular weight is 397 g/mol. The van der Waals surface area contributed by atoms with Crippen LogP contribution in [0.1, 0.15) is 40.9 Å². The van der Waals surface area contributed by atoms with Crippen molar-refractivity contribution in [3.05, 3.63) is 58.3 Å². The van der Waals surface area contributed by atoms with E-state index in [2.05, 4.69) is 30.3 Å². The maximum Gasteiger partial charge on any atom is 0.263 e. The third-order valence-corrected chi connectivity index (χ3v) is 6.94. The number of benzene rings is 1. The van der Waals surface area contributed by atoms with Crippen LogP contribution in [0.4, 0.5) is 0 Å². The highest BCUT2D eigenvalue weighted by atomic mass is 32.1. The molecule has 1 aromatic heterocycles. The van der Waals surface area contributed by atoms with Gasteiger partial charge in [-0.25, -0.2) is 0 Å². The van der Waals surface area contributed by atoms with Crippen molar-refractivity contribution in [3.8, 4) is 0 Å². The second-order valence-electron chi connectivity index (χ2n) is 8.03. The first kappa shape index (κ1) is 19.2. The molecule has 2 aliphatic rings. The number of amides is 2. The van der Waals surface area contributed by atoms with Gasteiger partial charge in [0.2, 0.25) is 5.91 Å². The number of carbonyl (C=O) groups is 2. The summed E-state index contributed by atoms with van der Waals surface area (Å²) in [6.45, 7) is 3.04. The number of thiophene rings is 1. The molecule has 0 N–H and O–H groups in total. The lowest BCUT2D eigenvalue weighted by molar-refractivity contribution is -0.138. The zero-order valence-electron chi connectivity index (χ0n) is 16.3. The quantitative estimate of drug-likeness (QED) is 0.781. The van der Waals surface area contributed by atoms with Crippen molar-refractivity contribution in [1.29, 1.82) is 0 Å². The molecule has 0 saturated carbocycles. The summed E-state index contributed by atoms with van der Waals surface area (Å²) in [6.07, 6.45) is 5.07. The molecule has 5 heteroatoms. The number of rotatable bonds is 4. The number of hydrogen-bond acceptors (Lipinski definition) is 3. The Labute approximate surface area is 171 Å². The Morgan fingerprint density at radius 2 is 1.71 bits per heavy atom. The van der Waals surface area contributed by atoms with Gasteiger partial charge >= 0.3 is 0 Å². The van der Waals surface area contributed by atoms with Gasteiger partial charge in [-0.15, -0.1) is 11.3 Å². The van der Waals surface area contributed by atoms with Gasteiger partial charge in [-0.1, -0.05) is 36.4 Å². The van der Waals surface area contributed by atoms with Crippen LogP contribution in [0.15, 0.2) is 47.8 Å². The molecule has 148 valence electrons. The fourth-order valence-corrected chi connectivity index (χ4v) is 5.17. The van der Waals surface area contributed by atoms with Crippen LogP contribution in [-0.4, -0.2) is 47.8 Å². The van der Waals surface area contributed by atoms with E-state index in [0.29, 0.717) is 12.5 Å². The van der Waals surface area contributed by atoms with E-state index < -0.39 is 0 Å². The normalized spacial score (nSPS) is 20.9. The van der Waals surface area contributed by atoms with Crippen molar-refractivity contribution in [2.45, 2.75) is 32.1 Å². The summed E-state index contributed by atoms with van der Waals surface area (Å²) < 4.78 is 0. The predicted molar refractivity (Wildman–Crippen MR) is 112 cm³/mol. The Balaban J connectivity index is 1.29. The molecule has 2 saturated heterocycles. The highest BCUT2D eigenvalue weighted by Crippen LogP contribution is 2.26. The molecule has 2 aromatic rings. The number of likely N-dealkylation sites (tertiary alicyclic amines) is 2. The molecular weight excluding hydrogens is 368 g/mol. The minimum atomic E-state index is -0.0386. The molecular formula is C23H28N2O2S. The van der Waals surface area contributed by atoms with Gasteiger partial charge in [0, 0.05) is 26.2 Å². The van der Waals surface area contributed by atoms with Crippen LogP contribution in [0.2, 0.25) is 0 Å². The molecule has 3 heterocycles. The Morgan fingerprint density at radius 1 is 0.929 bits per heavy atom. The fourth-order valence-electron chi connectivity index (χ4n) is 4.48. The van der Waals surface area contributed by atoms with Gasteiger partial charge in [0.25, 0.3) is 5.91 Å². The van der Waals surface area contributed by atoms with Crippen molar-refractivity contribution in [1.82, 2.24) is 9.80 Å². The van der Waals surface area contributed by atoms with Crippen LogP contribution in [-0.2, 0) is 11.2 Å². The van der Waals surface area contributed by atoms with Crippen LogP contribution >= 0.6 is 11.3 Å². The summed E-state index contributed by atoms with van der Waals surface area (Å²) in [5.74, 6) is 0.953. The largest absolute Gasteiger partial charge is 0.342 e. The molecule has 0 radical (unpaired) electrons. The predicted octanol–water partition coefficient (Wildman–Crippen LogP) is 4.08. The molecule has 0 aliphatic carbocycles. The molecule has 1 unspecified atom stereocenters. The first-order valence-corrected chi connectivity index (χ1v) is 11.2. The molecule has 1 atom stereocenters. The summed E-state index contributed by atoms with van der Waals surface area (Å²) in [4.78, 5) is 30.4. The number of piperidine rings is 2. The van der Waals surface area contributed by atoms with Gasteiger partial charge in [-0.3, -0.25) is 9.59 Å². The molecule has 2 amide bonds. The van der Waals surface area contributed by atoms with Crippen molar-refractivity contribution < 1.29 is 9.59 Å². The van der Waals surface area contributed by atoms with Crippen LogP contribution in [0.5, 0.6) is 0 Å². The Bertz CT molecular complexity index is 782. The Hall–Kier alpha value is -2.14. The van der Waals surface area contributed by atoms with E-state index in [-0.39, 0.29) is 17.7 Å². The molecule has 2 fully saturated rings. The number of hydrogen-bond donors (Lipinski definition) is 0. The lowest BCUT2D eigenvalue weighted by atomic mass is 9.89. The van der Waals surface area contributed by atoms with Crippen LogP contribution in [0.25, 0.3) is 0 Å². The maximum atomic E-state index is 13.1. The summed E-state index contributed by atoms with van der Waals surface area (Å²) in [5.41, 5.74) is 1.39. The van der Waals surface area contributed by atoms with E-state index in [1.54, 1.807) is 0 Å². The summed E-state index contributed by atoms with van der Waals surface area (Å²) in [6, 6.07) is 14.4. The lowest BCUT2D eigenvalue weighted by Crippen LogP contribution is -2.48. The second-order valence-corrected chi connectivity index (χ2v) is 8.97. The van der Waals surface area contributed by atoms with Gasteiger partial charge in [-0.2, -0.15) is 0 Å². The van der Waals surface area contributed by atoms with Gasteiger partial charge in [0.15, 0.2) is 0 Å². The first-order valence-electron chi connectivity index (χ1n) is 10.4. The van der Waals surface area contributed by atoms with E-state index in [1.165, 1.54) is 16.9 Å². The van der Waals surface area contributed by atoms with Gasteiger partial charge < -0.3 is 9.80 Å². The summed E-state index contributed by atoms with van der Waals surface area (Å²) in [5, 5.41) is 1.93. The first-order chi connectivity index (χ1) is 13.7. The SMILES string of the molecule is O=C(c1cccs1)N1CCCC(C(=O)N2CCC(Cc3ccccc3)CC2)C1. The summed E-state index contributed by atoms with van der Waals surface area (Å²) in [7, 11) is 0. The maximum absolute atomic E-state index is 13.1. The van der Waals surface area contributed by atoms with Gasteiger partial charge in [0.1, 0.15) is 0 Å². The standard InChI is InChI=1S/C23H28N2O2S/c26-22(20-8-4-12-25(17-20)23(27)21-9-5-15-28-21)24-13-10-19(11-14-24)16-18-6-2-1-3-7-18/h1-3,5-7,9,15,19-20H,4,8,10-14,16-17H2. The third kappa shape index (κ3) is 4.46. The minimum absolute atomic E-state index is 0.0386. The minimum Gasteiger partial charge on any atom is -0.342 e. The van der Waals surface area contributed by atoms with Crippen LogP contribution in [0.3, 0.4) is 0 Å². The topological polar surface area (TPSA) is 40.6 Å². The van der Waals surface area contributed by atoms with E-state index in [9.17, 15) is 9.59 Å². The molecule has 1 aromatic carbocycles. The molecule has 0 spiro atoms. The molecule has 0 bridgehead atoms. The van der Waals surface area contributed by atoms with Gasteiger partial charge in [-0.05, 0) is 55.0 Å². The number of carbonyl (C=O) groups excluding carboxylic acids is 2. The summed E-state index contributed by atoms with van der Waals surface area (Å²) >= 11 is 1.48. The Kier molecular flexibility index (Phi) is 6.10.